The van der Waals surface area contributed by atoms with E-state index in [1.165, 1.54) is 0 Å². The molecule has 4 nitrogen and oxygen atoms in total. The third-order valence-electron chi connectivity index (χ3n) is 3.21. The van der Waals surface area contributed by atoms with E-state index in [0.717, 1.165) is 6.42 Å². The lowest BCUT2D eigenvalue weighted by Crippen LogP contribution is -2.53. The molecular formula is C14H32O4Si3. The van der Waals surface area contributed by atoms with E-state index >= 15 is 0 Å². The number of ether oxygens (including phenoxy) is 1. The molecule has 0 aromatic rings. The summed E-state index contributed by atoms with van der Waals surface area (Å²) in [4.78, 5) is 11.0. The molecular weight excluding hydrogens is 316 g/mol. The van der Waals surface area contributed by atoms with Gasteiger partial charge < -0.3 is 13.0 Å². The fraction of sp³-hybridized carbons (Fsp3) is 0.929. The van der Waals surface area contributed by atoms with Crippen molar-refractivity contribution in [3.05, 3.63) is 0 Å². The molecule has 1 aliphatic carbocycles. The molecule has 0 aromatic carbocycles. The van der Waals surface area contributed by atoms with E-state index in [1.807, 2.05) is 0 Å². The van der Waals surface area contributed by atoms with Crippen LogP contribution in [0.5, 0.6) is 0 Å². The second-order valence-electron chi connectivity index (χ2n) is 8.15. The first-order chi connectivity index (χ1) is 9.32. The third-order valence-corrected chi connectivity index (χ3v) is 13.3. The number of Topliss-reactive ketones (excluding diaryl/α,β-unsaturated/α-hetero) is 1. The molecule has 0 heterocycles. The van der Waals surface area contributed by atoms with Gasteiger partial charge in [0.2, 0.25) is 0 Å². The van der Waals surface area contributed by atoms with Gasteiger partial charge in [-0.2, -0.15) is 0 Å². The first kappa shape index (κ1) is 19.2. The zero-order chi connectivity index (χ0) is 16.5. The zero-order valence-electron chi connectivity index (χ0n) is 14.9. The van der Waals surface area contributed by atoms with Gasteiger partial charge in [0.15, 0.2) is 16.6 Å². The van der Waals surface area contributed by atoms with E-state index in [9.17, 15) is 4.79 Å². The highest BCUT2D eigenvalue weighted by atomic mass is 28.5. The molecule has 2 atom stereocenters. The number of ketones is 1. The standard InChI is InChI=1S/C14H32O4Si3/c1-12(15)9-10-16-13-11-14(13)21(8,17-19(2,3)4)18-20(5,6)7/h13-14H,9-11H2,1-8H3. The Balaban J connectivity index is 2.65. The maximum atomic E-state index is 11.0. The summed E-state index contributed by atoms with van der Waals surface area (Å²) in [6.45, 7) is 17.7. The van der Waals surface area contributed by atoms with Crippen LogP contribution in [0.3, 0.4) is 0 Å². The van der Waals surface area contributed by atoms with Gasteiger partial charge in [-0.05, 0) is 59.2 Å². The van der Waals surface area contributed by atoms with Gasteiger partial charge in [-0.15, -0.1) is 0 Å². The molecule has 0 saturated heterocycles. The lowest BCUT2D eigenvalue weighted by Gasteiger charge is -2.39. The molecule has 21 heavy (non-hydrogen) atoms. The second kappa shape index (κ2) is 6.76. The van der Waals surface area contributed by atoms with E-state index in [4.69, 9.17) is 13.0 Å². The van der Waals surface area contributed by atoms with Crippen LogP contribution in [0.25, 0.3) is 0 Å². The van der Waals surface area contributed by atoms with Crippen molar-refractivity contribution in [2.75, 3.05) is 6.61 Å². The van der Waals surface area contributed by atoms with Gasteiger partial charge in [0.25, 0.3) is 0 Å². The van der Waals surface area contributed by atoms with Crippen LogP contribution in [-0.2, 0) is 17.8 Å². The molecule has 0 spiro atoms. The van der Waals surface area contributed by atoms with E-state index in [-0.39, 0.29) is 11.9 Å². The summed E-state index contributed by atoms with van der Waals surface area (Å²) in [5.41, 5.74) is 0.419. The van der Waals surface area contributed by atoms with Crippen molar-refractivity contribution >= 4 is 31.0 Å². The first-order valence-corrected chi connectivity index (χ1v) is 17.0. The van der Waals surface area contributed by atoms with E-state index in [1.54, 1.807) is 6.92 Å². The Kier molecular flexibility index (Phi) is 6.19. The van der Waals surface area contributed by atoms with Gasteiger partial charge in [-0.25, -0.2) is 0 Å². The summed E-state index contributed by atoms with van der Waals surface area (Å²) in [5, 5.41) is 0. The van der Waals surface area contributed by atoms with Crippen molar-refractivity contribution in [3.8, 4) is 0 Å². The average molecular weight is 349 g/mol. The Hall–Kier alpha value is 0.201. The van der Waals surface area contributed by atoms with Crippen molar-refractivity contribution in [1.82, 2.24) is 0 Å². The first-order valence-electron chi connectivity index (χ1n) is 7.84. The third kappa shape index (κ3) is 7.34. The highest BCUT2D eigenvalue weighted by Crippen LogP contribution is 2.50. The van der Waals surface area contributed by atoms with Crippen LogP contribution in [0.2, 0.25) is 51.4 Å². The molecule has 1 saturated carbocycles. The Morgan fingerprint density at radius 1 is 1.00 bits per heavy atom. The number of rotatable bonds is 9. The van der Waals surface area contributed by atoms with Crippen LogP contribution < -0.4 is 0 Å². The Labute approximate surface area is 133 Å². The maximum absolute atomic E-state index is 11.0. The number of carbonyl (C=O) groups excluding carboxylic acids is 1. The van der Waals surface area contributed by atoms with Gasteiger partial charge >= 0.3 is 8.56 Å². The van der Waals surface area contributed by atoms with Crippen LogP contribution >= 0.6 is 0 Å². The minimum atomic E-state index is -2.21. The zero-order valence-corrected chi connectivity index (χ0v) is 17.9. The van der Waals surface area contributed by atoms with Crippen LogP contribution in [0, 0.1) is 0 Å². The molecule has 1 aliphatic rings. The van der Waals surface area contributed by atoms with Crippen LogP contribution in [0.15, 0.2) is 0 Å². The summed E-state index contributed by atoms with van der Waals surface area (Å²) in [6.07, 6.45) is 1.76. The SMILES string of the molecule is CC(=O)CCOC1CC1[Si](C)(O[Si](C)(C)C)O[Si](C)(C)C. The van der Waals surface area contributed by atoms with Crippen LogP contribution in [-0.4, -0.2) is 43.7 Å². The van der Waals surface area contributed by atoms with Crippen molar-refractivity contribution in [2.24, 2.45) is 0 Å². The van der Waals surface area contributed by atoms with Gasteiger partial charge in [0.05, 0.1) is 12.7 Å². The number of hydrogen-bond acceptors (Lipinski definition) is 4. The topological polar surface area (TPSA) is 44.8 Å². The second-order valence-corrected chi connectivity index (χ2v) is 21.0. The molecule has 0 amide bonds. The maximum Gasteiger partial charge on any atom is 0.320 e. The lowest BCUT2D eigenvalue weighted by atomic mass is 10.3. The highest BCUT2D eigenvalue weighted by molar-refractivity contribution is 6.88. The molecule has 7 heteroatoms. The van der Waals surface area contributed by atoms with Gasteiger partial charge in [-0.1, -0.05) is 0 Å². The molecule has 0 bridgehead atoms. The highest BCUT2D eigenvalue weighted by Gasteiger charge is 2.58. The van der Waals surface area contributed by atoms with Crippen molar-refractivity contribution in [2.45, 2.75) is 77.2 Å². The largest absolute Gasteiger partial charge is 0.436 e. The fourth-order valence-electron chi connectivity index (χ4n) is 2.65. The summed E-state index contributed by atoms with van der Waals surface area (Å²) in [5.74, 6) is 0.184. The molecule has 0 aliphatic heterocycles. The van der Waals surface area contributed by atoms with Crippen LogP contribution in [0.4, 0.5) is 0 Å². The van der Waals surface area contributed by atoms with Crippen molar-refractivity contribution in [3.63, 3.8) is 0 Å². The molecule has 0 aromatic heterocycles. The number of hydrogen-bond donors (Lipinski definition) is 0. The molecule has 0 radical (unpaired) electrons. The summed E-state index contributed by atoms with van der Waals surface area (Å²) < 4.78 is 18.9. The Morgan fingerprint density at radius 3 is 1.86 bits per heavy atom. The predicted molar refractivity (Wildman–Crippen MR) is 93.9 cm³/mol. The van der Waals surface area contributed by atoms with Crippen molar-refractivity contribution < 1.29 is 17.8 Å². The lowest BCUT2D eigenvalue weighted by molar-refractivity contribution is -0.118. The smallest absolute Gasteiger partial charge is 0.320 e. The van der Waals surface area contributed by atoms with E-state index < -0.39 is 25.2 Å². The van der Waals surface area contributed by atoms with E-state index in [0.29, 0.717) is 18.6 Å². The summed E-state index contributed by atoms with van der Waals surface area (Å²) >= 11 is 0. The minimum absolute atomic E-state index is 0.184. The van der Waals surface area contributed by atoms with Gasteiger partial charge in [-0.3, -0.25) is 4.79 Å². The van der Waals surface area contributed by atoms with E-state index in [2.05, 4.69) is 45.8 Å². The summed E-state index contributed by atoms with van der Waals surface area (Å²) in [6, 6.07) is 0. The Morgan fingerprint density at radius 2 is 1.48 bits per heavy atom. The molecule has 1 fully saturated rings. The average Bonchev–Trinajstić information content (AvgIpc) is 2.90. The molecule has 1 rings (SSSR count). The number of carbonyl (C=O) groups is 1. The van der Waals surface area contributed by atoms with Crippen LogP contribution in [0.1, 0.15) is 19.8 Å². The molecule has 124 valence electrons. The predicted octanol–water partition coefficient (Wildman–Crippen LogP) is 3.90. The fourth-order valence-corrected chi connectivity index (χ4v) is 15.6. The van der Waals surface area contributed by atoms with Crippen molar-refractivity contribution in [1.29, 1.82) is 0 Å². The van der Waals surface area contributed by atoms with Gasteiger partial charge in [0, 0.05) is 12.0 Å². The quantitative estimate of drug-likeness (QED) is 0.593. The molecule has 0 N–H and O–H groups in total. The minimum Gasteiger partial charge on any atom is -0.436 e. The molecule has 2 unspecified atom stereocenters. The monoisotopic (exact) mass is 348 g/mol. The van der Waals surface area contributed by atoms with Gasteiger partial charge in [0.1, 0.15) is 5.78 Å². The summed E-state index contributed by atoms with van der Waals surface area (Å²) in [7, 11) is -5.50. The Bertz CT molecular complexity index is 357. The normalized spacial score (nSPS) is 23.2.